The summed E-state index contributed by atoms with van der Waals surface area (Å²) in [5, 5.41) is 3.14. The Morgan fingerprint density at radius 1 is 1.55 bits per heavy atom. The Labute approximate surface area is 73.5 Å². The van der Waals surface area contributed by atoms with E-state index in [1.54, 1.807) is 18.6 Å². The molecular formula is C8H14N2S. The van der Waals surface area contributed by atoms with E-state index in [4.69, 9.17) is 0 Å². The molecule has 0 bridgehead atoms. The van der Waals surface area contributed by atoms with Gasteiger partial charge in [0.25, 0.3) is 0 Å². The van der Waals surface area contributed by atoms with Crippen molar-refractivity contribution in [2.75, 3.05) is 0 Å². The van der Waals surface area contributed by atoms with Gasteiger partial charge in [0.15, 0.2) is 0 Å². The van der Waals surface area contributed by atoms with E-state index in [9.17, 15) is 0 Å². The van der Waals surface area contributed by atoms with E-state index < -0.39 is 0 Å². The minimum Gasteiger partial charge on any atom is -0.378 e. The van der Waals surface area contributed by atoms with Gasteiger partial charge >= 0.3 is 0 Å². The standard InChI is InChI=1S/C8H14N2S/c1-3-4-5-9-6-7-10-8(2)11/h3-8,10-11H,1-2H3/b4-3-,7-6+,9-5-. The van der Waals surface area contributed by atoms with Gasteiger partial charge in [0.1, 0.15) is 0 Å². The lowest BCUT2D eigenvalue weighted by Crippen LogP contribution is -2.12. The summed E-state index contributed by atoms with van der Waals surface area (Å²) in [7, 11) is 0. The highest BCUT2D eigenvalue weighted by Crippen LogP contribution is 1.84. The molecule has 0 aromatic rings. The average Bonchev–Trinajstić information content (AvgIpc) is 1.96. The van der Waals surface area contributed by atoms with Crippen LogP contribution in [0, 0.1) is 0 Å². The van der Waals surface area contributed by atoms with Gasteiger partial charge in [-0.3, -0.25) is 4.99 Å². The van der Waals surface area contributed by atoms with Crippen LogP contribution in [-0.2, 0) is 0 Å². The van der Waals surface area contributed by atoms with Crippen LogP contribution in [0.2, 0.25) is 0 Å². The van der Waals surface area contributed by atoms with Crippen LogP contribution < -0.4 is 5.32 Å². The third-order valence-electron chi connectivity index (χ3n) is 0.863. The molecule has 0 rings (SSSR count). The van der Waals surface area contributed by atoms with Gasteiger partial charge in [-0.2, -0.15) is 12.6 Å². The van der Waals surface area contributed by atoms with Crippen molar-refractivity contribution in [2.45, 2.75) is 19.2 Å². The molecule has 0 aliphatic rings. The van der Waals surface area contributed by atoms with Crippen LogP contribution in [0.5, 0.6) is 0 Å². The molecule has 1 atom stereocenters. The zero-order valence-corrected chi connectivity index (χ0v) is 7.75. The summed E-state index contributed by atoms with van der Waals surface area (Å²) in [4.78, 5) is 3.94. The largest absolute Gasteiger partial charge is 0.378 e. The van der Waals surface area contributed by atoms with E-state index in [0.717, 1.165) is 0 Å². The lowest BCUT2D eigenvalue weighted by molar-refractivity contribution is 0.860. The minimum absolute atomic E-state index is 0.170. The van der Waals surface area contributed by atoms with Crippen molar-refractivity contribution >= 4 is 18.8 Å². The number of rotatable bonds is 4. The highest BCUT2D eigenvalue weighted by Gasteiger charge is 1.81. The number of nitrogens with one attached hydrogen (secondary N) is 1. The second-order valence-electron chi connectivity index (χ2n) is 1.98. The molecule has 3 heteroatoms. The van der Waals surface area contributed by atoms with E-state index in [1.165, 1.54) is 0 Å². The molecule has 1 N–H and O–H groups in total. The molecule has 0 aliphatic carbocycles. The zero-order valence-electron chi connectivity index (χ0n) is 6.86. The van der Waals surface area contributed by atoms with Crippen LogP contribution in [-0.4, -0.2) is 11.6 Å². The van der Waals surface area contributed by atoms with Gasteiger partial charge < -0.3 is 5.32 Å². The van der Waals surface area contributed by atoms with Gasteiger partial charge in [-0.05, 0) is 19.9 Å². The molecule has 0 radical (unpaired) electrons. The van der Waals surface area contributed by atoms with Gasteiger partial charge in [-0.25, -0.2) is 0 Å². The van der Waals surface area contributed by atoms with Crippen LogP contribution in [0.3, 0.4) is 0 Å². The molecule has 0 amide bonds. The lowest BCUT2D eigenvalue weighted by Gasteiger charge is -1.99. The fourth-order valence-corrected chi connectivity index (χ4v) is 0.497. The lowest BCUT2D eigenvalue weighted by atomic mass is 10.6. The molecule has 0 saturated carbocycles. The van der Waals surface area contributed by atoms with Gasteiger partial charge in [0.05, 0.1) is 5.37 Å². The summed E-state index contributed by atoms with van der Waals surface area (Å²) in [6.45, 7) is 3.90. The maximum absolute atomic E-state index is 4.11. The number of hydrogen-bond acceptors (Lipinski definition) is 3. The SMILES string of the molecule is C\C=C/C=N\C=C\NC(C)S. The molecule has 1 unspecified atom stereocenters. The van der Waals surface area contributed by atoms with Gasteiger partial charge in [-0.15, -0.1) is 0 Å². The first-order chi connectivity index (χ1) is 5.27. The van der Waals surface area contributed by atoms with Gasteiger partial charge in [0.2, 0.25) is 0 Å². The second kappa shape index (κ2) is 7.41. The van der Waals surface area contributed by atoms with Crippen molar-refractivity contribution < 1.29 is 0 Å². The molecule has 0 aliphatic heterocycles. The van der Waals surface area contributed by atoms with Crippen LogP contribution in [0.4, 0.5) is 0 Å². The Bertz CT molecular complexity index is 159. The molecule has 0 spiro atoms. The summed E-state index contributed by atoms with van der Waals surface area (Å²) in [5.74, 6) is 0. The Balaban J connectivity index is 3.44. The molecule has 0 saturated heterocycles. The quantitative estimate of drug-likeness (QED) is 0.376. The Morgan fingerprint density at radius 3 is 2.82 bits per heavy atom. The van der Waals surface area contributed by atoms with Crippen LogP contribution >= 0.6 is 12.6 Å². The molecule has 0 heterocycles. The third kappa shape index (κ3) is 9.30. The molecule has 0 fully saturated rings. The smallest absolute Gasteiger partial charge is 0.0660 e. The Hall–Kier alpha value is -0.700. The first-order valence-corrected chi connectivity index (χ1v) is 4.02. The summed E-state index contributed by atoms with van der Waals surface area (Å²) in [6.07, 6.45) is 8.96. The Kier molecular flexibility index (Phi) is 6.94. The molecular weight excluding hydrogens is 156 g/mol. The van der Waals surface area contributed by atoms with Crippen LogP contribution in [0.15, 0.2) is 29.5 Å². The number of thiol groups is 1. The van der Waals surface area contributed by atoms with Crippen LogP contribution in [0.1, 0.15) is 13.8 Å². The highest BCUT2D eigenvalue weighted by atomic mass is 32.1. The van der Waals surface area contributed by atoms with Crippen molar-refractivity contribution in [3.8, 4) is 0 Å². The average molecular weight is 170 g/mol. The summed E-state index contributed by atoms with van der Waals surface area (Å²) < 4.78 is 0. The van der Waals surface area contributed by atoms with Crippen molar-refractivity contribution in [1.29, 1.82) is 0 Å². The molecule has 11 heavy (non-hydrogen) atoms. The van der Waals surface area contributed by atoms with E-state index in [1.807, 2.05) is 26.0 Å². The van der Waals surface area contributed by atoms with Crippen LogP contribution in [0.25, 0.3) is 0 Å². The predicted octanol–water partition coefficient (Wildman–Crippen LogP) is 1.97. The van der Waals surface area contributed by atoms with E-state index in [-0.39, 0.29) is 5.37 Å². The van der Waals surface area contributed by atoms with E-state index in [2.05, 4.69) is 22.9 Å². The first kappa shape index (κ1) is 10.3. The molecule has 62 valence electrons. The third-order valence-corrected chi connectivity index (χ3v) is 1.01. The number of aliphatic imine (C=N–C) groups is 1. The van der Waals surface area contributed by atoms with Crippen molar-refractivity contribution in [2.24, 2.45) is 4.99 Å². The molecule has 2 nitrogen and oxygen atoms in total. The monoisotopic (exact) mass is 170 g/mol. The topological polar surface area (TPSA) is 24.4 Å². The highest BCUT2D eigenvalue weighted by molar-refractivity contribution is 7.80. The van der Waals surface area contributed by atoms with Gasteiger partial charge in [-0.1, -0.05) is 6.08 Å². The Morgan fingerprint density at radius 2 is 2.27 bits per heavy atom. The van der Waals surface area contributed by atoms with Crippen molar-refractivity contribution in [3.05, 3.63) is 24.6 Å². The maximum atomic E-state index is 4.11. The fourth-order valence-electron chi connectivity index (χ4n) is 0.411. The second-order valence-corrected chi connectivity index (χ2v) is 2.76. The van der Waals surface area contributed by atoms with E-state index in [0.29, 0.717) is 0 Å². The first-order valence-electron chi connectivity index (χ1n) is 3.51. The number of nitrogens with zero attached hydrogens (tertiary/aromatic N) is 1. The normalized spacial score (nSPS) is 15.2. The summed E-state index contributed by atoms with van der Waals surface area (Å²) in [5.41, 5.74) is 0. The molecule has 0 aromatic carbocycles. The number of allylic oxidation sites excluding steroid dienone is 2. The summed E-state index contributed by atoms with van der Waals surface area (Å²) >= 11 is 4.11. The fraction of sp³-hybridized carbons (Fsp3) is 0.375. The number of hydrogen-bond donors (Lipinski definition) is 2. The minimum atomic E-state index is 0.170. The van der Waals surface area contributed by atoms with Crippen molar-refractivity contribution in [1.82, 2.24) is 5.32 Å². The summed E-state index contributed by atoms with van der Waals surface area (Å²) in [6, 6.07) is 0. The predicted molar refractivity (Wildman–Crippen MR) is 54.0 cm³/mol. The zero-order chi connectivity index (χ0) is 8.53. The molecule has 0 aromatic heterocycles. The maximum Gasteiger partial charge on any atom is 0.0660 e. The van der Waals surface area contributed by atoms with E-state index >= 15 is 0 Å². The van der Waals surface area contributed by atoms with Gasteiger partial charge in [0, 0.05) is 18.6 Å². The van der Waals surface area contributed by atoms with Crippen molar-refractivity contribution in [3.63, 3.8) is 0 Å².